The standard InChI is InChI=1S/C23H26FN3O4/c24-13-7-12-20(14-18-8-3-1-4-9-18)27-22(29)16-25-21(28)15-26-23(30)31-17-19-10-5-2-6-11-19/h1-12,20H,13-17H2,(H,25,28)(H,26,30)(H,27,29)/b12-7+/t20-/m1/s1. The summed E-state index contributed by atoms with van der Waals surface area (Å²) in [6, 6.07) is 18.2. The van der Waals surface area contributed by atoms with E-state index in [1.165, 1.54) is 6.08 Å². The molecule has 3 amide bonds. The van der Waals surface area contributed by atoms with Gasteiger partial charge in [-0.15, -0.1) is 0 Å². The molecule has 2 aromatic rings. The number of allylic oxidation sites excluding steroid dienone is 1. The molecule has 0 heterocycles. The Hall–Kier alpha value is -3.68. The number of hydrogen-bond acceptors (Lipinski definition) is 4. The van der Waals surface area contributed by atoms with Crippen molar-refractivity contribution in [3.63, 3.8) is 0 Å². The van der Waals surface area contributed by atoms with Crippen molar-refractivity contribution in [1.82, 2.24) is 16.0 Å². The molecule has 31 heavy (non-hydrogen) atoms. The van der Waals surface area contributed by atoms with E-state index in [1.807, 2.05) is 60.7 Å². The van der Waals surface area contributed by atoms with Crippen molar-refractivity contribution >= 4 is 17.9 Å². The van der Waals surface area contributed by atoms with Crippen molar-refractivity contribution in [2.24, 2.45) is 0 Å². The van der Waals surface area contributed by atoms with Crippen LogP contribution < -0.4 is 16.0 Å². The predicted octanol–water partition coefficient (Wildman–Crippen LogP) is 2.28. The van der Waals surface area contributed by atoms with Gasteiger partial charge in [0.2, 0.25) is 11.8 Å². The molecule has 2 aromatic carbocycles. The third-order valence-electron chi connectivity index (χ3n) is 4.15. The van der Waals surface area contributed by atoms with E-state index < -0.39 is 30.6 Å². The minimum atomic E-state index is -0.734. The molecule has 0 saturated carbocycles. The Bertz CT molecular complexity index is 860. The van der Waals surface area contributed by atoms with Crippen LogP contribution >= 0.6 is 0 Å². The summed E-state index contributed by atoms with van der Waals surface area (Å²) in [5.41, 5.74) is 1.81. The summed E-state index contributed by atoms with van der Waals surface area (Å²) < 4.78 is 17.5. The number of carbonyl (C=O) groups is 3. The molecule has 3 N–H and O–H groups in total. The molecule has 0 aliphatic rings. The minimum absolute atomic E-state index is 0.0892. The van der Waals surface area contributed by atoms with Gasteiger partial charge in [0.15, 0.2) is 0 Å². The summed E-state index contributed by atoms with van der Waals surface area (Å²) in [4.78, 5) is 35.6. The fraction of sp³-hybridized carbons (Fsp3) is 0.261. The van der Waals surface area contributed by atoms with Gasteiger partial charge in [-0.3, -0.25) is 9.59 Å². The van der Waals surface area contributed by atoms with Crippen LogP contribution in [0.25, 0.3) is 0 Å². The fourth-order valence-corrected chi connectivity index (χ4v) is 2.68. The fourth-order valence-electron chi connectivity index (χ4n) is 2.68. The summed E-state index contributed by atoms with van der Waals surface area (Å²) in [5.74, 6) is -0.963. The van der Waals surface area contributed by atoms with Crippen LogP contribution in [0.2, 0.25) is 0 Å². The maximum absolute atomic E-state index is 12.5. The Kier molecular flexibility index (Phi) is 10.3. The number of nitrogens with one attached hydrogen (secondary N) is 3. The van der Waals surface area contributed by atoms with Crippen LogP contribution in [-0.4, -0.2) is 43.7 Å². The van der Waals surface area contributed by atoms with Gasteiger partial charge in [-0.25, -0.2) is 9.18 Å². The van der Waals surface area contributed by atoms with E-state index >= 15 is 0 Å². The zero-order valence-electron chi connectivity index (χ0n) is 17.1. The Labute approximate surface area is 180 Å². The second-order valence-electron chi connectivity index (χ2n) is 6.64. The van der Waals surface area contributed by atoms with Gasteiger partial charge in [0.1, 0.15) is 19.8 Å². The molecule has 0 spiro atoms. The first-order valence-electron chi connectivity index (χ1n) is 9.84. The third kappa shape index (κ3) is 10.1. The molecule has 0 aromatic heterocycles. The van der Waals surface area contributed by atoms with E-state index in [0.29, 0.717) is 6.42 Å². The van der Waals surface area contributed by atoms with Crippen LogP contribution in [0.4, 0.5) is 9.18 Å². The van der Waals surface area contributed by atoms with Gasteiger partial charge < -0.3 is 20.7 Å². The number of alkyl halides is 1. The molecule has 8 heteroatoms. The molecular formula is C23H26FN3O4. The van der Waals surface area contributed by atoms with Crippen molar-refractivity contribution < 1.29 is 23.5 Å². The largest absolute Gasteiger partial charge is 0.445 e. The first-order valence-corrected chi connectivity index (χ1v) is 9.84. The quantitative estimate of drug-likeness (QED) is 0.480. The smallest absolute Gasteiger partial charge is 0.407 e. The molecule has 0 aliphatic carbocycles. The van der Waals surface area contributed by atoms with Crippen LogP contribution in [0, 0.1) is 0 Å². The highest BCUT2D eigenvalue weighted by atomic mass is 19.1. The molecular weight excluding hydrogens is 401 g/mol. The predicted molar refractivity (Wildman–Crippen MR) is 115 cm³/mol. The van der Waals surface area contributed by atoms with E-state index in [0.717, 1.165) is 11.1 Å². The van der Waals surface area contributed by atoms with Gasteiger partial charge >= 0.3 is 6.09 Å². The van der Waals surface area contributed by atoms with Crippen molar-refractivity contribution in [2.75, 3.05) is 19.8 Å². The molecule has 0 bridgehead atoms. The average molecular weight is 427 g/mol. The number of hydrogen-bond donors (Lipinski definition) is 3. The molecule has 1 atom stereocenters. The van der Waals surface area contributed by atoms with Crippen molar-refractivity contribution in [3.8, 4) is 0 Å². The van der Waals surface area contributed by atoms with Gasteiger partial charge in [0, 0.05) is 0 Å². The Morgan fingerprint density at radius 1 is 0.871 bits per heavy atom. The highest BCUT2D eigenvalue weighted by molar-refractivity contribution is 5.87. The molecule has 0 radical (unpaired) electrons. The van der Waals surface area contributed by atoms with Gasteiger partial charge in [0.25, 0.3) is 0 Å². The molecule has 0 aliphatic heterocycles. The lowest BCUT2D eigenvalue weighted by molar-refractivity contribution is -0.125. The summed E-state index contributed by atoms with van der Waals surface area (Å²) in [5, 5.41) is 7.48. The van der Waals surface area contributed by atoms with E-state index in [1.54, 1.807) is 6.08 Å². The van der Waals surface area contributed by atoms with Crippen LogP contribution in [0.15, 0.2) is 72.8 Å². The van der Waals surface area contributed by atoms with Crippen molar-refractivity contribution in [3.05, 3.63) is 83.9 Å². The van der Waals surface area contributed by atoms with Crippen LogP contribution in [0.3, 0.4) is 0 Å². The maximum atomic E-state index is 12.5. The van der Waals surface area contributed by atoms with Gasteiger partial charge in [-0.1, -0.05) is 72.8 Å². The molecule has 2 rings (SSSR count). The number of benzene rings is 2. The lowest BCUT2D eigenvalue weighted by atomic mass is 10.1. The zero-order valence-corrected chi connectivity index (χ0v) is 17.1. The number of alkyl carbamates (subject to hydrolysis) is 1. The van der Waals surface area contributed by atoms with E-state index in [-0.39, 0.29) is 19.7 Å². The van der Waals surface area contributed by atoms with Crippen molar-refractivity contribution in [1.29, 1.82) is 0 Å². The van der Waals surface area contributed by atoms with E-state index in [4.69, 9.17) is 4.74 Å². The first-order chi connectivity index (χ1) is 15.1. The summed E-state index contributed by atoms with van der Waals surface area (Å²) in [7, 11) is 0. The first kappa shape index (κ1) is 23.6. The van der Waals surface area contributed by atoms with Crippen molar-refractivity contribution in [2.45, 2.75) is 19.1 Å². The summed E-state index contributed by atoms with van der Waals surface area (Å²) in [6.45, 7) is -1.14. The zero-order chi connectivity index (χ0) is 22.3. The number of amides is 3. The number of rotatable bonds is 11. The second-order valence-corrected chi connectivity index (χ2v) is 6.64. The Balaban J connectivity index is 1.68. The van der Waals surface area contributed by atoms with Gasteiger partial charge in [-0.2, -0.15) is 0 Å². The van der Waals surface area contributed by atoms with Gasteiger partial charge in [-0.05, 0) is 17.5 Å². The van der Waals surface area contributed by atoms with Crippen LogP contribution in [0.5, 0.6) is 0 Å². The van der Waals surface area contributed by atoms with E-state index in [9.17, 15) is 18.8 Å². The Morgan fingerprint density at radius 2 is 1.48 bits per heavy atom. The monoisotopic (exact) mass is 427 g/mol. The molecule has 0 unspecified atom stereocenters. The molecule has 0 fully saturated rings. The third-order valence-corrected chi connectivity index (χ3v) is 4.15. The summed E-state index contributed by atoms with van der Waals surface area (Å²) >= 11 is 0. The van der Waals surface area contributed by atoms with E-state index in [2.05, 4.69) is 16.0 Å². The van der Waals surface area contributed by atoms with Crippen LogP contribution in [-0.2, 0) is 27.4 Å². The molecule has 0 saturated heterocycles. The lowest BCUT2D eigenvalue weighted by Gasteiger charge is -2.16. The lowest BCUT2D eigenvalue weighted by Crippen LogP contribution is -2.44. The van der Waals surface area contributed by atoms with Crippen LogP contribution in [0.1, 0.15) is 11.1 Å². The SMILES string of the molecule is O=C(CNC(=O)OCc1ccccc1)NCC(=O)N[C@H](/C=C/CF)Cc1ccccc1. The maximum Gasteiger partial charge on any atom is 0.407 e. The molecule has 7 nitrogen and oxygen atoms in total. The van der Waals surface area contributed by atoms with Gasteiger partial charge in [0.05, 0.1) is 12.6 Å². The average Bonchev–Trinajstić information content (AvgIpc) is 2.79. The Morgan fingerprint density at radius 3 is 2.13 bits per heavy atom. The normalized spacial score (nSPS) is 11.5. The molecule has 164 valence electrons. The second kappa shape index (κ2) is 13.5. The minimum Gasteiger partial charge on any atom is -0.445 e. The number of carbonyl (C=O) groups excluding carboxylic acids is 3. The topological polar surface area (TPSA) is 96.5 Å². The summed E-state index contributed by atoms with van der Waals surface area (Å²) in [6.07, 6.45) is 2.67. The number of halogens is 1. The number of ether oxygens (including phenoxy) is 1. The highest BCUT2D eigenvalue weighted by Crippen LogP contribution is 2.04. The highest BCUT2D eigenvalue weighted by Gasteiger charge is 2.12.